The van der Waals surface area contributed by atoms with Gasteiger partial charge in [-0.15, -0.1) is 0 Å². The molecule has 0 radical (unpaired) electrons. The second-order valence-electron chi connectivity index (χ2n) is 6.76. The van der Waals surface area contributed by atoms with Crippen molar-refractivity contribution in [1.82, 2.24) is 10.2 Å². The summed E-state index contributed by atoms with van der Waals surface area (Å²) in [4.78, 5) is 49.4. The highest BCUT2D eigenvalue weighted by Crippen LogP contribution is 2.27. The van der Waals surface area contributed by atoms with Gasteiger partial charge in [0.25, 0.3) is 11.8 Å². The van der Waals surface area contributed by atoms with E-state index in [9.17, 15) is 19.2 Å². The summed E-state index contributed by atoms with van der Waals surface area (Å²) < 4.78 is 4.91. The van der Waals surface area contributed by atoms with Crippen LogP contribution in [0.25, 0.3) is 0 Å². The summed E-state index contributed by atoms with van der Waals surface area (Å²) in [5.74, 6) is -1.89. The van der Waals surface area contributed by atoms with Crippen molar-refractivity contribution < 1.29 is 23.9 Å². The van der Waals surface area contributed by atoms with Crippen molar-refractivity contribution >= 4 is 41.1 Å². The lowest BCUT2D eigenvalue weighted by Crippen LogP contribution is -2.46. The number of nitrogens with one attached hydrogen (secondary N) is 2. The fraction of sp³-hybridized carbons (Fsp3) is 0.474. The van der Waals surface area contributed by atoms with Crippen molar-refractivity contribution in [2.75, 3.05) is 18.5 Å². The number of anilines is 1. The Balaban J connectivity index is 1.92. The van der Waals surface area contributed by atoms with E-state index in [2.05, 4.69) is 10.6 Å². The molecule has 1 aliphatic rings. The minimum atomic E-state index is -0.992. The number of urea groups is 1. The monoisotopic (exact) mass is 409 g/mol. The summed E-state index contributed by atoms with van der Waals surface area (Å²) in [7, 11) is 0. The van der Waals surface area contributed by atoms with Crippen molar-refractivity contribution in [2.24, 2.45) is 0 Å². The summed E-state index contributed by atoms with van der Waals surface area (Å²) >= 11 is 6.13. The lowest BCUT2D eigenvalue weighted by Gasteiger charge is -2.22. The molecule has 8 nitrogen and oxygen atoms in total. The molecule has 1 aliphatic heterocycles. The molecule has 152 valence electrons. The first-order valence-electron chi connectivity index (χ1n) is 8.99. The van der Waals surface area contributed by atoms with Crippen LogP contribution in [0, 0.1) is 13.8 Å². The third-order valence-electron chi connectivity index (χ3n) is 4.80. The van der Waals surface area contributed by atoms with Gasteiger partial charge in [0.05, 0.1) is 10.7 Å². The highest BCUT2D eigenvalue weighted by Gasteiger charge is 2.49. The van der Waals surface area contributed by atoms with Crippen LogP contribution in [0.1, 0.15) is 37.8 Å². The summed E-state index contributed by atoms with van der Waals surface area (Å²) in [5, 5.41) is 5.60. The molecule has 28 heavy (non-hydrogen) atoms. The molecule has 2 N–H and O–H groups in total. The van der Waals surface area contributed by atoms with Crippen LogP contribution in [0.3, 0.4) is 0 Å². The summed E-state index contributed by atoms with van der Waals surface area (Å²) in [6, 6.07) is 2.93. The number of imide groups is 1. The van der Waals surface area contributed by atoms with Crippen LogP contribution in [0.5, 0.6) is 0 Å². The Bertz CT molecular complexity index is 797. The maximum Gasteiger partial charge on any atom is 0.326 e. The molecule has 0 aromatic heterocycles. The molecule has 9 heteroatoms. The van der Waals surface area contributed by atoms with Gasteiger partial charge in [-0.05, 0) is 43.9 Å². The van der Waals surface area contributed by atoms with Crippen molar-refractivity contribution in [3.63, 3.8) is 0 Å². The number of amides is 4. The Morgan fingerprint density at radius 2 is 1.86 bits per heavy atom. The smallest absolute Gasteiger partial charge is 0.326 e. The lowest BCUT2D eigenvalue weighted by molar-refractivity contribution is -0.150. The van der Waals surface area contributed by atoms with Crippen LogP contribution in [-0.2, 0) is 19.1 Å². The van der Waals surface area contributed by atoms with Crippen LogP contribution in [-0.4, -0.2) is 47.4 Å². The highest BCUT2D eigenvalue weighted by molar-refractivity contribution is 6.34. The maximum atomic E-state index is 12.5. The van der Waals surface area contributed by atoms with Crippen LogP contribution in [0.4, 0.5) is 10.5 Å². The Kier molecular flexibility index (Phi) is 6.66. The SMILES string of the molecule is CCC1(CC)NC(=O)N(CC(=O)OCC(=O)Nc2c(C)cc(C)cc2Cl)C1=O. The molecule has 1 aromatic rings. The average molecular weight is 410 g/mol. The third kappa shape index (κ3) is 4.44. The molecule has 2 rings (SSSR count). The highest BCUT2D eigenvalue weighted by atomic mass is 35.5. The van der Waals surface area contributed by atoms with Crippen LogP contribution in [0.15, 0.2) is 12.1 Å². The van der Waals surface area contributed by atoms with Gasteiger partial charge < -0.3 is 15.4 Å². The standard InChI is InChI=1S/C19H24ClN3O5/c1-5-19(6-2)17(26)23(18(27)22-19)9-15(25)28-10-14(24)21-16-12(4)7-11(3)8-13(16)20/h7-8H,5-6,9-10H2,1-4H3,(H,21,24)(H,22,27). The van der Waals surface area contributed by atoms with E-state index in [1.807, 2.05) is 13.0 Å². The van der Waals surface area contributed by atoms with E-state index in [1.165, 1.54) is 0 Å². The summed E-state index contributed by atoms with van der Waals surface area (Å²) in [6.45, 7) is 6.14. The fourth-order valence-electron chi connectivity index (χ4n) is 3.12. The molecule has 0 bridgehead atoms. The number of aryl methyl sites for hydroxylation is 2. The maximum absolute atomic E-state index is 12.5. The first kappa shape index (κ1) is 21.7. The van der Waals surface area contributed by atoms with E-state index in [4.69, 9.17) is 16.3 Å². The Morgan fingerprint density at radius 3 is 2.39 bits per heavy atom. The van der Waals surface area contributed by atoms with E-state index in [1.54, 1.807) is 26.8 Å². The number of benzene rings is 1. The molecule has 1 fully saturated rings. The van der Waals surface area contributed by atoms with Gasteiger partial charge in [-0.1, -0.05) is 31.5 Å². The largest absolute Gasteiger partial charge is 0.454 e. The number of hydrogen-bond donors (Lipinski definition) is 2. The predicted octanol–water partition coefficient (Wildman–Crippen LogP) is 2.55. The molecule has 1 heterocycles. The van der Waals surface area contributed by atoms with Gasteiger partial charge in [0.15, 0.2) is 6.61 Å². The molecule has 0 unspecified atom stereocenters. The Labute approximate surface area is 168 Å². The minimum absolute atomic E-state index is 0.381. The van der Waals surface area contributed by atoms with Crippen molar-refractivity contribution in [3.8, 4) is 0 Å². The molecule has 0 aliphatic carbocycles. The molecule has 1 aromatic carbocycles. The Hall–Kier alpha value is -2.61. The topological polar surface area (TPSA) is 105 Å². The lowest BCUT2D eigenvalue weighted by atomic mass is 9.93. The number of esters is 1. The van der Waals surface area contributed by atoms with Gasteiger partial charge in [-0.25, -0.2) is 4.79 Å². The van der Waals surface area contributed by atoms with E-state index in [-0.39, 0.29) is 0 Å². The number of hydrogen-bond acceptors (Lipinski definition) is 5. The van der Waals surface area contributed by atoms with Crippen LogP contribution >= 0.6 is 11.6 Å². The van der Waals surface area contributed by atoms with E-state index in [0.29, 0.717) is 23.6 Å². The predicted molar refractivity (Wildman–Crippen MR) is 104 cm³/mol. The number of carbonyl (C=O) groups is 4. The zero-order valence-electron chi connectivity index (χ0n) is 16.3. The first-order valence-corrected chi connectivity index (χ1v) is 9.37. The van der Waals surface area contributed by atoms with Crippen molar-refractivity contribution in [2.45, 2.75) is 46.1 Å². The van der Waals surface area contributed by atoms with Crippen molar-refractivity contribution in [1.29, 1.82) is 0 Å². The second kappa shape index (κ2) is 8.60. The zero-order valence-corrected chi connectivity index (χ0v) is 17.1. The molecule has 0 spiro atoms. The molecular weight excluding hydrogens is 386 g/mol. The minimum Gasteiger partial charge on any atom is -0.454 e. The van der Waals surface area contributed by atoms with E-state index < -0.39 is 42.5 Å². The Morgan fingerprint density at radius 1 is 1.21 bits per heavy atom. The molecule has 1 saturated heterocycles. The van der Waals surface area contributed by atoms with Crippen LogP contribution < -0.4 is 10.6 Å². The molecule has 0 saturated carbocycles. The fourth-order valence-corrected chi connectivity index (χ4v) is 3.49. The first-order chi connectivity index (χ1) is 13.1. The van der Waals surface area contributed by atoms with Gasteiger partial charge in [-0.3, -0.25) is 19.3 Å². The number of nitrogens with zero attached hydrogens (tertiary/aromatic N) is 1. The van der Waals surface area contributed by atoms with E-state index >= 15 is 0 Å². The third-order valence-corrected chi connectivity index (χ3v) is 5.10. The zero-order chi connectivity index (χ0) is 21.1. The second-order valence-corrected chi connectivity index (χ2v) is 7.17. The summed E-state index contributed by atoms with van der Waals surface area (Å²) in [5.41, 5.74) is 1.18. The van der Waals surface area contributed by atoms with Gasteiger partial charge in [0, 0.05) is 0 Å². The molecule has 0 atom stereocenters. The number of ether oxygens (including phenoxy) is 1. The number of halogens is 1. The van der Waals surface area contributed by atoms with E-state index in [0.717, 1.165) is 16.0 Å². The van der Waals surface area contributed by atoms with Gasteiger partial charge in [0.2, 0.25) is 0 Å². The van der Waals surface area contributed by atoms with Gasteiger partial charge >= 0.3 is 12.0 Å². The summed E-state index contributed by atoms with van der Waals surface area (Å²) in [6.07, 6.45) is 0.831. The molecular formula is C19H24ClN3O5. The average Bonchev–Trinajstić information content (AvgIpc) is 2.87. The molecule has 4 amide bonds. The normalized spacial score (nSPS) is 15.4. The number of rotatable bonds is 7. The van der Waals surface area contributed by atoms with Crippen LogP contribution in [0.2, 0.25) is 5.02 Å². The van der Waals surface area contributed by atoms with Gasteiger partial charge in [-0.2, -0.15) is 0 Å². The van der Waals surface area contributed by atoms with Crippen molar-refractivity contribution in [3.05, 3.63) is 28.3 Å². The van der Waals surface area contributed by atoms with Gasteiger partial charge in [0.1, 0.15) is 12.1 Å². The number of carbonyl (C=O) groups excluding carboxylic acids is 4. The quantitative estimate of drug-likeness (QED) is 0.532.